The maximum absolute atomic E-state index is 13.4. The highest BCUT2D eigenvalue weighted by Crippen LogP contribution is 2.37. The summed E-state index contributed by atoms with van der Waals surface area (Å²) in [6.07, 6.45) is 3.31. The summed E-state index contributed by atoms with van der Waals surface area (Å²) >= 11 is 0. The second-order valence-electron chi connectivity index (χ2n) is 10.0. The van der Waals surface area contributed by atoms with Crippen LogP contribution in [0.1, 0.15) is 37.8 Å². The van der Waals surface area contributed by atoms with Gasteiger partial charge in [0.15, 0.2) is 0 Å². The lowest BCUT2D eigenvalue weighted by Gasteiger charge is -2.47. The van der Waals surface area contributed by atoms with Crippen LogP contribution in [-0.2, 0) is 11.3 Å². The lowest BCUT2D eigenvalue weighted by atomic mass is 9.81. The first-order valence-electron chi connectivity index (χ1n) is 11.9. The molecule has 2 fully saturated rings. The van der Waals surface area contributed by atoms with Gasteiger partial charge in [0.05, 0.1) is 0 Å². The summed E-state index contributed by atoms with van der Waals surface area (Å²) in [7, 11) is 4.05. The molecule has 2 saturated heterocycles. The van der Waals surface area contributed by atoms with Gasteiger partial charge in [-0.1, -0.05) is 12.1 Å². The molecule has 1 aromatic heterocycles. The normalized spacial score (nSPS) is 23.7. The van der Waals surface area contributed by atoms with Crippen molar-refractivity contribution in [3.63, 3.8) is 0 Å². The summed E-state index contributed by atoms with van der Waals surface area (Å²) in [6.45, 7) is 6.32. The molecule has 3 aliphatic heterocycles. The van der Waals surface area contributed by atoms with Gasteiger partial charge in [-0.25, -0.2) is 0 Å². The van der Waals surface area contributed by atoms with E-state index in [1.54, 1.807) is 6.92 Å². The molecule has 0 saturated carbocycles. The van der Waals surface area contributed by atoms with Crippen molar-refractivity contribution in [1.29, 1.82) is 0 Å². The van der Waals surface area contributed by atoms with E-state index < -0.39 is 0 Å². The molecule has 0 radical (unpaired) electrons. The molecule has 6 nitrogen and oxygen atoms in total. The van der Waals surface area contributed by atoms with Crippen LogP contribution in [0.2, 0.25) is 0 Å². The number of hydrogen-bond acceptors (Lipinski definition) is 4. The van der Waals surface area contributed by atoms with E-state index in [-0.39, 0.29) is 11.5 Å². The number of carbonyl (C=O) groups excluding carboxylic acids is 1. The zero-order chi connectivity index (χ0) is 22.4. The van der Waals surface area contributed by atoms with Crippen molar-refractivity contribution in [3.05, 3.63) is 52.4 Å². The van der Waals surface area contributed by atoms with Crippen LogP contribution >= 0.6 is 0 Å². The van der Waals surface area contributed by atoms with Gasteiger partial charge in [0.2, 0.25) is 5.91 Å². The van der Waals surface area contributed by atoms with E-state index in [4.69, 9.17) is 0 Å². The molecule has 3 aliphatic rings. The minimum absolute atomic E-state index is 0.151. The zero-order valence-corrected chi connectivity index (χ0v) is 19.5. The fraction of sp³-hybridized carbons (Fsp3) is 0.538. The summed E-state index contributed by atoms with van der Waals surface area (Å²) in [5.74, 6) is 1.14. The van der Waals surface area contributed by atoms with Crippen molar-refractivity contribution < 1.29 is 4.79 Å². The molecule has 6 heteroatoms. The Morgan fingerprint density at radius 1 is 0.969 bits per heavy atom. The quantitative estimate of drug-likeness (QED) is 0.745. The summed E-state index contributed by atoms with van der Waals surface area (Å²) in [5, 5.41) is 0. The minimum Gasteiger partial charge on any atom is -0.378 e. The number of benzene rings is 1. The van der Waals surface area contributed by atoms with Crippen LogP contribution in [0.5, 0.6) is 0 Å². The number of anilines is 1. The standard InChI is InChI=1S/C26H34N4O2/c1-18(31)28-12-10-23(11-13-28)29-15-19-14-21(17-29)25-9-8-24(26(32)30(25)16-19)20-4-6-22(7-5-20)27(2)3/h4-9,19,21,23H,10-17H2,1-3H3/t19-,21+/m0/s1. The molecule has 32 heavy (non-hydrogen) atoms. The predicted octanol–water partition coefficient (Wildman–Crippen LogP) is 3.01. The number of nitrogens with zero attached hydrogens (tertiary/aromatic N) is 4. The number of piperidine rings is 2. The lowest BCUT2D eigenvalue weighted by Crippen LogP contribution is -2.53. The Labute approximate surface area is 190 Å². The van der Waals surface area contributed by atoms with Gasteiger partial charge in [-0.05, 0) is 55.0 Å². The van der Waals surface area contributed by atoms with Crippen LogP contribution in [-0.4, -0.2) is 66.6 Å². The van der Waals surface area contributed by atoms with E-state index in [9.17, 15) is 9.59 Å². The third kappa shape index (κ3) is 3.85. The molecule has 1 amide bonds. The van der Waals surface area contributed by atoms with Crippen LogP contribution in [0.15, 0.2) is 41.2 Å². The number of amides is 1. The van der Waals surface area contributed by atoms with Gasteiger partial charge in [-0.3, -0.25) is 14.5 Å². The van der Waals surface area contributed by atoms with E-state index in [2.05, 4.69) is 44.7 Å². The van der Waals surface area contributed by atoms with Gasteiger partial charge >= 0.3 is 0 Å². The Morgan fingerprint density at radius 3 is 2.34 bits per heavy atom. The second kappa shape index (κ2) is 8.39. The first kappa shape index (κ1) is 21.3. The largest absolute Gasteiger partial charge is 0.378 e. The van der Waals surface area contributed by atoms with Crippen LogP contribution in [0.4, 0.5) is 5.69 Å². The number of hydrogen-bond donors (Lipinski definition) is 0. The Bertz CT molecular complexity index is 1050. The van der Waals surface area contributed by atoms with E-state index in [1.165, 1.54) is 12.1 Å². The third-order valence-corrected chi connectivity index (χ3v) is 7.75. The first-order valence-corrected chi connectivity index (χ1v) is 11.9. The fourth-order valence-electron chi connectivity index (χ4n) is 5.99. The molecular weight excluding hydrogens is 400 g/mol. The van der Waals surface area contributed by atoms with Crippen LogP contribution in [0.25, 0.3) is 11.1 Å². The van der Waals surface area contributed by atoms with E-state index in [1.807, 2.05) is 25.1 Å². The summed E-state index contributed by atoms with van der Waals surface area (Å²) in [6, 6.07) is 13.0. The topological polar surface area (TPSA) is 48.8 Å². The average Bonchev–Trinajstić information content (AvgIpc) is 2.80. The third-order valence-electron chi connectivity index (χ3n) is 7.75. The number of carbonyl (C=O) groups is 1. The van der Waals surface area contributed by atoms with Crippen molar-refractivity contribution in [2.24, 2.45) is 5.92 Å². The highest BCUT2D eigenvalue weighted by Gasteiger charge is 2.38. The molecule has 0 unspecified atom stereocenters. The Morgan fingerprint density at radius 2 is 1.69 bits per heavy atom. The fourth-order valence-corrected chi connectivity index (χ4v) is 5.99. The molecule has 2 aromatic rings. The molecule has 5 rings (SSSR count). The predicted molar refractivity (Wildman–Crippen MR) is 128 cm³/mol. The van der Waals surface area contributed by atoms with Gasteiger partial charge in [0.25, 0.3) is 5.56 Å². The van der Waals surface area contributed by atoms with Crippen molar-refractivity contribution in [2.45, 2.75) is 44.7 Å². The van der Waals surface area contributed by atoms with Crippen LogP contribution in [0, 0.1) is 5.92 Å². The highest BCUT2D eigenvalue weighted by atomic mass is 16.2. The smallest absolute Gasteiger partial charge is 0.258 e. The highest BCUT2D eigenvalue weighted by molar-refractivity contribution is 5.73. The van der Waals surface area contributed by atoms with Crippen molar-refractivity contribution in [3.8, 4) is 11.1 Å². The van der Waals surface area contributed by atoms with Crippen LogP contribution < -0.4 is 10.5 Å². The van der Waals surface area contributed by atoms with Crippen molar-refractivity contribution in [1.82, 2.24) is 14.4 Å². The van der Waals surface area contributed by atoms with Gasteiger partial charge < -0.3 is 14.4 Å². The second-order valence-corrected chi connectivity index (χ2v) is 10.0. The summed E-state index contributed by atoms with van der Waals surface area (Å²) in [4.78, 5) is 31.8. The number of pyridine rings is 1. The van der Waals surface area contributed by atoms with Gasteiger partial charge in [0.1, 0.15) is 0 Å². The molecule has 0 aliphatic carbocycles. The first-order chi connectivity index (χ1) is 15.4. The maximum atomic E-state index is 13.4. The molecule has 0 N–H and O–H groups in total. The van der Waals surface area contributed by atoms with E-state index >= 15 is 0 Å². The monoisotopic (exact) mass is 434 g/mol. The van der Waals surface area contributed by atoms with Gasteiger partial charge in [0, 0.05) is 82.6 Å². The number of likely N-dealkylation sites (tertiary alicyclic amines) is 2. The molecule has 170 valence electrons. The molecule has 1 aromatic carbocycles. The van der Waals surface area contributed by atoms with Crippen LogP contribution in [0.3, 0.4) is 0 Å². The van der Waals surface area contributed by atoms with Crippen molar-refractivity contribution in [2.75, 3.05) is 45.2 Å². The average molecular weight is 435 g/mol. The minimum atomic E-state index is 0.151. The molecule has 0 spiro atoms. The molecular formula is C26H34N4O2. The molecule has 2 bridgehead atoms. The molecule has 4 heterocycles. The van der Waals surface area contributed by atoms with E-state index in [0.717, 1.165) is 62.4 Å². The van der Waals surface area contributed by atoms with Gasteiger partial charge in [-0.2, -0.15) is 0 Å². The number of fused-ring (bicyclic) bond motifs is 4. The van der Waals surface area contributed by atoms with Crippen molar-refractivity contribution >= 4 is 11.6 Å². The van der Waals surface area contributed by atoms with E-state index in [0.29, 0.717) is 17.9 Å². The molecule has 2 atom stereocenters. The Balaban J connectivity index is 1.36. The lowest BCUT2D eigenvalue weighted by molar-refractivity contribution is -0.130. The Hall–Kier alpha value is -2.60. The number of aromatic nitrogens is 1. The number of rotatable bonds is 3. The van der Waals surface area contributed by atoms with Gasteiger partial charge in [-0.15, -0.1) is 0 Å². The maximum Gasteiger partial charge on any atom is 0.258 e. The summed E-state index contributed by atoms with van der Waals surface area (Å²) < 4.78 is 2.06. The SMILES string of the molecule is CC(=O)N1CCC(N2C[C@@H]3C[C@H](C2)c2ccc(-c4ccc(N(C)C)cc4)c(=O)n2C3)CC1. The zero-order valence-electron chi connectivity index (χ0n) is 19.5. The Kier molecular flexibility index (Phi) is 5.58. The summed E-state index contributed by atoms with van der Waals surface area (Å²) in [5.41, 5.74) is 4.28.